The van der Waals surface area contributed by atoms with Gasteiger partial charge in [-0.15, -0.1) is 0 Å². The van der Waals surface area contributed by atoms with Gasteiger partial charge in [0.05, 0.1) is 0 Å². The van der Waals surface area contributed by atoms with E-state index in [2.05, 4.69) is 48.6 Å². The van der Waals surface area contributed by atoms with E-state index in [9.17, 15) is 0 Å². The van der Waals surface area contributed by atoms with Crippen molar-refractivity contribution in [3.8, 4) is 0 Å². The van der Waals surface area contributed by atoms with Gasteiger partial charge in [-0.05, 0) is 25.7 Å². The molecular formula is C12H16. The van der Waals surface area contributed by atoms with Gasteiger partial charge in [0.15, 0.2) is 0 Å². The summed E-state index contributed by atoms with van der Waals surface area (Å²) in [5.74, 6) is 0. The zero-order valence-electron chi connectivity index (χ0n) is 7.45. The van der Waals surface area contributed by atoms with E-state index in [-0.39, 0.29) is 0 Å². The highest BCUT2D eigenvalue weighted by molar-refractivity contribution is 5.12. The summed E-state index contributed by atoms with van der Waals surface area (Å²) in [6.45, 7) is 0. The van der Waals surface area contributed by atoms with Crippen LogP contribution in [0.1, 0.15) is 25.7 Å². The Balaban J connectivity index is 2.42. The zero-order chi connectivity index (χ0) is 8.49. The molecule has 0 saturated heterocycles. The second kappa shape index (κ2) is 6.66. The van der Waals surface area contributed by atoms with Crippen molar-refractivity contribution < 1.29 is 0 Å². The van der Waals surface area contributed by atoms with Crippen LogP contribution in [-0.2, 0) is 0 Å². The quantitative estimate of drug-likeness (QED) is 0.473. The monoisotopic (exact) mass is 160 g/mol. The standard InChI is InChI=1S/C12H16/c1-2-4-6-8-10-12-11-9-7-5-3-1/h1-6,9,11H,7-8,10,12H2/b2-1-,5-3+,6-4+,11-9?. The molecule has 0 N–H and O–H groups in total. The summed E-state index contributed by atoms with van der Waals surface area (Å²) in [5, 5.41) is 0. The second-order valence-corrected chi connectivity index (χ2v) is 2.88. The van der Waals surface area contributed by atoms with E-state index in [0.717, 1.165) is 6.42 Å². The van der Waals surface area contributed by atoms with Crippen LogP contribution in [0.3, 0.4) is 0 Å². The van der Waals surface area contributed by atoms with E-state index in [1.54, 1.807) is 0 Å². The molecule has 1 aliphatic carbocycles. The summed E-state index contributed by atoms with van der Waals surface area (Å²) in [6, 6.07) is 0. The Morgan fingerprint density at radius 1 is 0.583 bits per heavy atom. The van der Waals surface area contributed by atoms with Crippen molar-refractivity contribution in [3.63, 3.8) is 0 Å². The molecule has 64 valence electrons. The van der Waals surface area contributed by atoms with E-state index in [4.69, 9.17) is 0 Å². The molecule has 0 aromatic rings. The lowest BCUT2D eigenvalue weighted by molar-refractivity contribution is 0.866. The molecule has 12 heavy (non-hydrogen) atoms. The van der Waals surface area contributed by atoms with E-state index < -0.39 is 0 Å². The molecular weight excluding hydrogens is 144 g/mol. The van der Waals surface area contributed by atoms with Crippen molar-refractivity contribution in [2.24, 2.45) is 0 Å². The van der Waals surface area contributed by atoms with Crippen molar-refractivity contribution in [3.05, 3.63) is 48.6 Å². The van der Waals surface area contributed by atoms with Crippen LogP contribution in [0, 0.1) is 0 Å². The van der Waals surface area contributed by atoms with Crippen LogP contribution < -0.4 is 0 Å². The van der Waals surface area contributed by atoms with Gasteiger partial charge in [0.2, 0.25) is 0 Å². The van der Waals surface area contributed by atoms with Crippen LogP contribution in [-0.4, -0.2) is 0 Å². The average Bonchev–Trinajstić information content (AvgIpc) is 2.05. The Morgan fingerprint density at radius 3 is 2.25 bits per heavy atom. The van der Waals surface area contributed by atoms with Crippen LogP contribution in [0.4, 0.5) is 0 Å². The predicted molar refractivity (Wildman–Crippen MR) is 55.0 cm³/mol. The van der Waals surface area contributed by atoms with Crippen LogP contribution in [0.5, 0.6) is 0 Å². The fourth-order valence-electron chi connectivity index (χ4n) is 1.11. The van der Waals surface area contributed by atoms with Crippen LogP contribution in [0.25, 0.3) is 0 Å². The topological polar surface area (TPSA) is 0 Å². The third-order valence-electron chi connectivity index (χ3n) is 1.79. The van der Waals surface area contributed by atoms with Gasteiger partial charge in [-0.1, -0.05) is 48.6 Å². The molecule has 0 spiro atoms. The first-order valence-corrected chi connectivity index (χ1v) is 4.63. The third kappa shape index (κ3) is 4.73. The normalized spacial score (nSPS) is 26.7. The highest BCUT2D eigenvalue weighted by Crippen LogP contribution is 2.00. The molecule has 0 bridgehead atoms. The Labute approximate surface area is 75.0 Å². The Bertz CT molecular complexity index is 204. The molecule has 1 rings (SSSR count). The van der Waals surface area contributed by atoms with Crippen molar-refractivity contribution in [1.82, 2.24) is 0 Å². The summed E-state index contributed by atoms with van der Waals surface area (Å²) >= 11 is 0. The van der Waals surface area contributed by atoms with Gasteiger partial charge in [0.25, 0.3) is 0 Å². The summed E-state index contributed by atoms with van der Waals surface area (Å²) in [7, 11) is 0. The minimum absolute atomic E-state index is 1.06. The number of hydrogen-bond donors (Lipinski definition) is 0. The lowest BCUT2D eigenvalue weighted by Crippen LogP contribution is -1.69. The molecule has 0 nitrogen and oxygen atoms in total. The fourth-order valence-corrected chi connectivity index (χ4v) is 1.11. The van der Waals surface area contributed by atoms with E-state index >= 15 is 0 Å². The molecule has 0 heteroatoms. The molecule has 0 atom stereocenters. The predicted octanol–water partition coefficient (Wildman–Crippen LogP) is 3.79. The first-order chi connectivity index (χ1) is 6.00. The second-order valence-electron chi connectivity index (χ2n) is 2.88. The van der Waals surface area contributed by atoms with Gasteiger partial charge >= 0.3 is 0 Å². The van der Waals surface area contributed by atoms with Gasteiger partial charge in [0.1, 0.15) is 0 Å². The van der Waals surface area contributed by atoms with Crippen molar-refractivity contribution in [2.45, 2.75) is 25.7 Å². The number of hydrogen-bond acceptors (Lipinski definition) is 0. The lowest BCUT2D eigenvalue weighted by atomic mass is 10.2. The first kappa shape index (κ1) is 9.05. The number of allylic oxidation sites excluding steroid dienone is 8. The van der Waals surface area contributed by atoms with Crippen molar-refractivity contribution in [1.29, 1.82) is 0 Å². The maximum Gasteiger partial charge on any atom is -0.0166 e. The van der Waals surface area contributed by atoms with Crippen molar-refractivity contribution >= 4 is 0 Å². The van der Waals surface area contributed by atoms with Gasteiger partial charge in [-0.25, -0.2) is 0 Å². The van der Waals surface area contributed by atoms with Crippen LogP contribution in [0.15, 0.2) is 48.6 Å². The zero-order valence-corrected chi connectivity index (χ0v) is 7.45. The molecule has 0 radical (unpaired) electrons. The molecule has 0 amide bonds. The van der Waals surface area contributed by atoms with Gasteiger partial charge in [-0.3, -0.25) is 0 Å². The van der Waals surface area contributed by atoms with Crippen molar-refractivity contribution in [2.75, 3.05) is 0 Å². The molecule has 0 fully saturated rings. The van der Waals surface area contributed by atoms with Gasteiger partial charge < -0.3 is 0 Å². The smallest absolute Gasteiger partial charge is 0.0166 e. The largest absolute Gasteiger partial charge is 0.0882 e. The highest BCUT2D eigenvalue weighted by atomic mass is 13.9. The molecule has 0 heterocycles. The summed E-state index contributed by atoms with van der Waals surface area (Å²) in [5.41, 5.74) is 0. The third-order valence-corrected chi connectivity index (χ3v) is 1.79. The van der Waals surface area contributed by atoms with Crippen LogP contribution >= 0.6 is 0 Å². The maximum absolute atomic E-state index is 2.27. The van der Waals surface area contributed by atoms with Crippen LogP contribution in [0.2, 0.25) is 0 Å². The molecule has 1 aliphatic rings. The fraction of sp³-hybridized carbons (Fsp3) is 0.333. The molecule has 0 aliphatic heterocycles. The Hall–Kier alpha value is -1.04. The van der Waals surface area contributed by atoms with E-state index in [0.29, 0.717) is 0 Å². The Kier molecular flexibility index (Phi) is 5.02. The summed E-state index contributed by atoms with van der Waals surface area (Å²) in [6.07, 6.45) is 22.0. The summed E-state index contributed by atoms with van der Waals surface area (Å²) in [4.78, 5) is 0. The SMILES string of the molecule is C1=CCCC/C=C/C=C\C=C\C1. The average molecular weight is 160 g/mol. The lowest BCUT2D eigenvalue weighted by Gasteiger charge is -1.90. The molecule has 0 aromatic heterocycles. The first-order valence-electron chi connectivity index (χ1n) is 4.63. The maximum atomic E-state index is 2.27. The number of rotatable bonds is 0. The minimum atomic E-state index is 1.06. The highest BCUT2D eigenvalue weighted by Gasteiger charge is 1.80. The molecule has 0 saturated carbocycles. The van der Waals surface area contributed by atoms with Gasteiger partial charge in [-0.2, -0.15) is 0 Å². The van der Waals surface area contributed by atoms with Gasteiger partial charge in [0, 0.05) is 0 Å². The Morgan fingerprint density at radius 2 is 1.33 bits per heavy atom. The minimum Gasteiger partial charge on any atom is -0.0882 e. The van der Waals surface area contributed by atoms with E-state index in [1.807, 2.05) is 0 Å². The molecule has 0 unspecified atom stereocenters. The molecule has 0 aromatic carbocycles. The summed E-state index contributed by atoms with van der Waals surface area (Å²) < 4.78 is 0. The van der Waals surface area contributed by atoms with E-state index in [1.165, 1.54) is 19.3 Å².